The molecule has 90 valence electrons. The van der Waals surface area contributed by atoms with Crippen molar-refractivity contribution < 1.29 is 4.79 Å². The number of aromatic nitrogens is 2. The van der Waals surface area contributed by atoms with Crippen LogP contribution in [-0.2, 0) is 6.54 Å². The maximum Gasteiger partial charge on any atom is 0.155 e. The fourth-order valence-electron chi connectivity index (χ4n) is 2.39. The quantitative estimate of drug-likeness (QED) is 0.773. The van der Waals surface area contributed by atoms with Gasteiger partial charge < -0.3 is 0 Å². The molecular formula is C12H14ClN3O. The molecule has 0 radical (unpaired) electrons. The topological polar surface area (TPSA) is 58.7 Å². The van der Waals surface area contributed by atoms with Gasteiger partial charge in [0, 0.05) is 5.92 Å². The molecule has 0 aromatic carbocycles. The molecule has 2 rings (SSSR count). The van der Waals surface area contributed by atoms with E-state index in [0.29, 0.717) is 29.6 Å². The second kappa shape index (κ2) is 5.33. The molecular weight excluding hydrogens is 238 g/mol. The number of nitrogens with zero attached hydrogens (tertiary/aromatic N) is 3. The van der Waals surface area contributed by atoms with Crippen LogP contribution in [0.2, 0.25) is 5.15 Å². The van der Waals surface area contributed by atoms with E-state index in [1.165, 1.54) is 12.8 Å². The van der Waals surface area contributed by atoms with Crippen molar-refractivity contribution in [2.75, 3.05) is 0 Å². The summed E-state index contributed by atoms with van der Waals surface area (Å²) in [6, 6.07) is 2.05. The molecule has 0 bridgehead atoms. The molecule has 0 aliphatic heterocycles. The molecule has 1 heterocycles. The monoisotopic (exact) mass is 251 g/mol. The molecule has 1 saturated carbocycles. The highest BCUT2D eigenvalue weighted by Gasteiger charge is 2.25. The summed E-state index contributed by atoms with van der Waals surface area (Å²) in [6.45, 7) is 0.447. The molecule has 0 N–H and O–H groups in total. The number of halogens is 1. The van der Waals surface area contributed by atoms with Gasteiger partial charge >= 0.3 is 0 Å². The number of carbonyl (C=O) groups excluding carboxylic acids is 1. The highest BCUT2D eigenvalue weighted by atomic mass is 35.5. The Labute approximate surface area is 105 Å². The van der Waals surface area contributed by atoms with E-state index in [1.54, 1.807) is 4.68 Å². The molecule has 0 spiro atoms. The van der Waals surface area contributed by atoms with Crippen molar-refractivity contribution in [1.82, 2.24) is 9.78 Å². The Morgan fingerprint density at radius 3 is 2.82 bits per heavy atom. The first-order valence-electron chi connectivity index (χ1n) is 5.86. The van der Waals surface area contributed by atoms with Crippen LogP contribution in [0.4, 0.5) is 0 Å². The zero-order valence-corrected chi connectivity index (χ0v) is 10.3. The Hall–Kier alpha value is -1.34. The number of hydrogen-bond donors (Lipinski definition) is 0. The van der Waals surface area contributed by atoms with Crippen LogP contribution < -0.4 is 0 Å². The minimum Gasteiger partial charge on any atom is -0.298 e. The molecule has 0 atom stereocenters. The molecule has 1 fully saturated rings. The van der Waals surface area contributed by atoms with E-state index >= 15 is 0 Å². The van der Waals surface area contributed by atoms with Crippen molar-refractivity contribution in [2.45, 2.75) is 44.6 Å². The minimum atomic E-state index is 0.351. The normalized spacial score (nSPS) is 16.0. The van der Waals surface area contributed by atoms with Crippen molar-refractivity contribution in [3.05, 3.63) is 16.4 Å². The molecule has 1 aliphatic carbocycles. The van der Waals surface area contributed by atoms with E-state index in [-0.39, 0.29) is 0 Å². The standard InChI is InChI=1S/C12H14ClN3O/c13-12-10(8-17)11(9-4-1-2-5-9)15-16(12)7-3-6-14/h8-9H,1-5,7H2. The highest BCUT2D eigenvalue weighted by Crippen LogP contribution is 2.36. The summed E-state index contributed by atoms with van der Waals surface area (Å²) >= 11 is 6.10. The first-order valence-corrected chi connectivity index (χ1v) is 6.24. The first-order chi connectivity index (χ1) is 8.27. The van der Waals surface area contributed by atoms with Crippen LogP contribution in [0.1, 0.15) is 54.1 Å². The van der Waals surface area contributed by atoms with E-state index in [0.717, 1.165) is 24.8 Å². The molecule has 1 aliphatic rings. The lowest BCUT2D eigenvalue weighted by Crippen LogP contribution is -2.01. The van der Waals surface area contributed by atoms with Crippen LogP contribution in [0.3, 0.4) is 0 Å². The van der Waals surface area contributed by atoms with Gasteiger partial charge in [-0.05, 0) is 12.8 Å². The molecule has 0 saturated heterocycles. The van der Waals surface area contributed by atoms with Crippen LogP contribution in [0.25, 0.3) is 0 Å². The maximum atomic E-state index is 11.1. The third kappa shape index (κ3) is 2.34. The number of nitriles is 1. The second-order valence-corrected chi connectivity index (χ2v) is 4.68. The van der Waals surface area contributed by atoms with Crippen molar-refractivity contribution in [1.29, 1.82) is 5.26 Å². The smallest absolute Gasteiger partial charge is 0.155 e. The third-order valence-electron chi connectivity index (χ3n) is 3.25. The SMILES string of the molecule is N#CCCn1nc(C2CCCC2)c(C=O)c1Cl. The largest absolute Gasteiger partial charge is 0.298 e. The molecule has 1 aromatic heterocycles. The number of aldehydes is 1. The van der Waals surface area contributed by atoms with Crippen LogP contribution in [0.5, 0.6) is 0 Å². The fourth-order valence-corrected chi connectivity index (χ4v) is 2.65. The summed E-state index contributed by atoms with van der Waals surface area (Å²) in [5, 5.41) is 13.3. The first kappa shape index (κ1) is 12.1. The Bertz CT molecular complexity index is 455. The summed E-state index contributed by atoms with van der Waals surface area (Å²) < 4.78 is 1.57. The number of carbonyl (C=O) groups is 1. The Morgan fingerprint density at radius 2 is 2.24 bits per heavy atom. The average molecular weight is 252 g/mol. The average Bonchev–Trinajstić information content (AvgIpc) is 2.94. The summed E-state index contributed by atoms with van der Waals surface area (Å²) in [5.41, 5.74) is 1.33. The summed E-state index contributed by atoms with van der Waals surface area (Å²) in [6.07, 6.45) is 5.66. The van der Waals surface area contributed by atoms with Gasteiger partial charge in [0.15, 0.2) is 6.29 Å². The van der Waals surface area contributed by atoms with E-state index < -0.39 is 0 Å². The summed E-state index contributed by atoms with van der Waals surface area (Å²) in [4.78, 5) is 11.1. The van der Waals surface area contributed by atoms with Crippen molar-refractivity contribution in [3.63, 3.8) is 0 Å². The number of hydrogen-bond acceptors (Lipinski definition) is 3. The lowest BCUT2D eigenvalue weighted by Gasteiger charge is -2.04. The van der Waals surface area contributed by atoms with Gasteiger partial charge in [-0.2, -0.15) is 10.4 Å². The molecule has 0 amide bonds. The van der Waals surface area contributed by atoms with E-state index in [4.69, 9.17) is 16.9 Å². The van der Waals surface area contributed by atoms with Gasteiger partial charge in [0.1, 0.15) is 5.15 Å². The highest BCUT2D eigenvalue weighted by molar-refractivity contribution is 6.32. The molecule has 1 aromatic rings. The van der Waals surface area contributed by atoms with Gasteiger partial charge in [-0.15, -0.1) is 0 Å². The molecule has 5 heteroatoms. The van der Waals surface area contributed by atoms with Crippen molar-refractivity contribution in [2.24, 2.45) is 0 Å². The lowest BCUT2D eigenvalue weighted by molar-refractivity contribution is 0.112. The zero-order valence-electron chi connectivity index (χ0n) is 9.53. The molecule has 0 unspecified atom stereocenters. The van der Waals surface area contributed by atoms with Gasteiger partial charge in [0.2, 0.25) is 0 Å². The van der Waals surface area contributed by atoms with Gasteiger partial charge in [-0.1, -0.05) is 24.4 Å². The van der Waals surface area contributed by atoms with Gasteiger partial charge in [0.25, 0.3) is 0 Å². The van der Waals surface area contributed by atoms with Crippen LogP contribution >= 0.6 is 11.6 Å². The Morgan fingerprint density at radius 1 is 1.53 bits per heavy atom. The van der Waals surface area contributed by atoms with Crippen LogP contribution in [0.15, 0.2) is 0 Å². The Kier molecular flexibility index (Phi) is 3.80. The van der Waals surface area contributed by atoms with E-state index in [9.17, 15) is 4.79 Å². The van der Waals surface area contributed by atoms with E-state index in [1.807, 2.05) is 0 Å². The zero-order chi connectivity index (χ0) is 12.3. The van der Waals surface area contributed by atoms with Gasteiger partial charge in [0.05, 0.1) is 30.3 Å². The Balaban J connectivity index is 2.31. The summed E-state index contributed by atoms with van der Waals surface area (Å²) in [7, 11) is 0. The van der Waals surface area contributed by atoms with E-state index in [2.05, 4.69) is 11.2 Å². The van der Waals surface area contributed by atoms with Crippen molar-refractivity contribution in [3.8, 4) is 6.07 Å². The number of aryl methyl sites for hydroxylation is 1. The fraction of sp³-hybridized carbons (Fsp3) is 0.583. The predicted molar refractivity (Wildman–Crippen MR) is 64.1 cm³/mol. The van der Waals surface area contributed by atoms with Gasteiger partial charge in [-0.3, -0.25) is 9.48 Å². The number of rotatable bonds is 4. The predicted octanol–water partition coefficient (Wildman–Crippen LogP) is 2.92. The molecule has 4 nitrogen and oxygen atoms in total. The lowest BCUT2D eigenvalue weighted by atomic mass is 10.0. The third-order valence-corrected chi connectivity index (χ3v) is 3.65. The second-order valence-electron chi connectivity index (χ2n) is 4.32. The summed E-state index contributed by atoms with van der Waals surface area (Å²) in [5.74, 6) is 0.357. The van der Waals surface area contributed by atoms with Gasteiger partial charge in [-0.25, -0.2) is 0 Å². The van der Waals surface area contributed by atoms with Crippen molar-refractivity contribution >= 4 is 17.9 Å². The molecule has 17 heavy (non-hydrogen) atoms. The maximum absolute atomic E-state index is 11.1. The van der Waals surface area contributed by atoms with Crippen LogP contribution in [-0.4, -0.2) is 16.1 Å². The minimum absolute atomic E-state index is 0.351. The van der Waals surface area contributed by atoms with Crippen LogP contribution in [0, 0.1) is 11.3 Å².